The van der Waals surface area contributed by atoms with Gasteiger partial charge in [0.05, 0.1) is 5.75 Å². The van der Waals surface area contributed by atoms with Crippen LogP contribution in [0.15, 0.2) is 0 Å². The van der Waals surface area contributed by atoms with E-state index in [0.717, 1.165) is 32.1 Å². The lowest BCUT2D eigenvalue weighted by atomic mass is 9.79. The fraction of sp³-hybridized carbons (Fsp3) is 0.933. The lowest BCUT2D eigenvalue weighted by molar-refractivity contribution is -0.00767. The van der Waals surface area contributed by atoms with Gasteiger partial charge in [-0.05, 0) is 50.9 Å². The first-order chi connectivity index (χ1) is 10.1. The molecule has 3 atom stereocenters. The molecule has 0 saturated heterocycles. The van der Waals surface area contributed by atoms with E-state index in [1.54, 1.807) is 0 Å². The molecule has 7 heteroatoms. The Balaban J connectivity index is 2.40. The van der Waals surface area contributed by atoms with Crippen molar-refractivity contribution in [2.75, 3.05) is 12.3 Å². The molecule has 0 spiro atoms. The Bertz CT molecular complexity index is 465. The molecule has 0 aliphatic heterocycles. The second-order valence-corrected chi connectivity index (χ2v) is 8.52. The summed E-state index contributed by atoms with van der Waals surface area (Å²) in [5, 5.41) is 2.55. The van der Waals surface area contributed by atoms with E-state index in [1.165, 1.54) is 0 Å². The molecule has 1 aliphatic carbocycles. The number of carbonyl (C=O) groups is 1. The van der Waals surface area contributed by atoms with Crippen LogP contribution < -0.4 is 5.32 Å². The maximum absolute atomic E-state index is 11.9. The molecule has 1 fully saturated rings. The molecular weight excluding hydrogens is 306 g/mol. The summed E-state index contributed by atoms with van der Waals surface area (Å²) in [6.07, 6.45) is 4.68. The number of rotatable bonds is 5. The summed E-state index contributed by atoms with van der Waals surface area (Å²) in [6, 6.07) is 0. The Hall–Kier alpha value is -0.820. The van der Waals surface area contributed by atoms with Crippen LogP contribution in [0.5, 0.6) is 0 Å². The van der Waals surface area contributed by atoms with Crippen molar-refractivity contribution in [3.8, 4) is 0 Å². The van der Waals surface area contributed by atoms with Crippen molar-refractivity contribution >= 4 is 16.2 Å². The molecule has 0 bridgehead atoms. The van der Waals surface area contributed by atoms with E-state index in [-0.39, 0.29) is 18.7 Å². The van der Waals surface area contributed by atoms with Crippen LogP contribution in [0.4, 0.5) is 4.79 Å². The number of hydrogen-bond acceptors (Lipinski definition) is 4. The van der Waals surface area contributed by atoms with Gasteiger partial charge in [0.25, 0.3) is 10.1 Å². The molecule has 22 heavy (non-hydrogen) atoms. The zero-order valence-electron chi connectivity index (χ0n) is 13.8. The molecule has 0 heterocycles. The fourth-order valence-corrected chi connectivity index (χ4v) is 3.86. The minimum atomic E-state index is -3.97. The largest absolute Gasteiger partial charge is 0.443 e. The summed E-state index contributed by atoms with van der Waals surface area (Å²) in [4.78, 5) is 11.9. The normalized spacial score (nSPS) is 30.2. The van der Waals surface area contributed by atoms with Gasteiger partial charge in [-0.25, -0.2) is 4.79 Å². The number of amides is 1. The van der Waals surface area contributed by atoms with Gasteiger partial charge in [-0.1, -0.05) is 20.3 Å². The van der Waals surface area contributed by atoms with E-state index in [4.69, 9.17) is 9.29 Å². The average Bonchev–Trinajstić information content (AvgIpc) is 2.31. The molecule has 2 N–H and O–H groups in total. The first-order valence-corrected chi connectivity index (χ1v) is 9.62. The van der Waals surface area contributed by atoms with Crippen molar-refractivity contribution < 1.29 is 22.5 Å². The molecule has 6 nitrogen and oxygen atoms in total. The van der Waals surface area contributed by atoms with Crippen molar-refractivity contribution in [2.24, 2.45) is 11.8 Å². The van der Waals surface area contributed by atoms with Gasteiger partial charge < -0.3 is 10.1 Å². The maximum Gasteiger partial charge on any atom is 0.407 e. The quantitative estimate of drug-likeness (QED) is 0.595. The Kier molecular flexibility index (Phi) is 7.12. The third-order valence-corrected chi connectivity index (χ3v) is 4.98. The molecule has 1 rings (SSSR count). The van der Waals surface area contributed by atoms with E-state index >= 15 is 0 Å². The van der Waals surface area contributed by atoms with Gasteiger partial charge in [-0.2, -0.15) is 8.42 Å². The topological polar surface area (TPSA) is 92.7 Å². The van der Waals surface area contributed by atoms with E-state index < -0.39 is 21.8 Å². The monoisotopic (exact) mass is 335 g/mol. The number of hydrogen-bond donors (Lipinski definition) is 2. The lowest BCUT2D eigenvalue weighted by Gasteiger charge is -2.35. The molecule has 2 unspecified atom stereocenters. The van der Waals surface area contributed by atoms with E-state index in [1.807, 2.05) is 6.92 Å². The predicted molar refractivity (Wildman–Crippen MR) is 85.3 cm³/mol. The van der Waals surface area contributed by atoms with Crippen LogP contribution in [0.25, 0.3) is 0 Å². The van der Waals surface area contributed by atoms with Crippen molar-refractivity contribution in [3.63, 3.8) is 0 Å². The van der Waals surface area contributed by atoms with Crippen molar-refractivity contribution in [2.45, 2.75) is 64.9 Å². The Morgan fingerprint density at radius 2 is 2.05 bits per heavy atom. The van der Waals surface area contributed by atoms with Crippen LogP contribution >= 0.6 is 0 Å². The molecule has 1 saturated carbocycles. The van der Waals surface area contributed by atoms with Gasteiger partial charge in [0, 0.05) is 6.54 Å². The standard InChI is InChI=1S/C15H29NO5S/c1-12-6-4-7-15(3,11-13(2)10-12)21-14(17)16-8-5-9-22(18,19)20/h12-13H,4-11H2,1-3H3,(H,16,17)(H,18,19,20)/t12?,13-,15?/m0/s1. The van der Waals surface area contributed by atoms with Crippen molar-refractivity contribution in [3.05, 3.63) is 0 Å². The summed E-state index contributed by atoms with van der Waals surface area (Å²) >= 11 is 0. The maximum atomic E-state index is 11.9. The summed E-state index contributed by atoms with van der Waals surface area (Å²) in [5.41, 5.74) is -0.466. The second-order valence-electron chi connectivity index (χ2n) is 6.95. The van der Waals surface area contributed by atoms with Gasteiger partial charge in [0.2, 0.25) is 0 Å². The zero-order chi connectivity index (χ0) is 16.8. The van der Waals surface area contributed by atoms with E-state index in [0.29, 0.717) is 11.8 Å². The van der Waals surface area contributed by atoms with E-state index in [2.05, 4.69) is 19.2 Å². The highest BCUT2D eigenvalue weighted by molar-refractivity contribution is 7.85. The van der Waals surface area contributed by atoms with Gasteiger partial charge in [-0.15, -0.1) is 0 Å². The Labute approximate surface area is 133 Å². The summed E-state index contributed by atoms with van der Waals surface area (Å²) in [5.74, 6) is 0.862. The van der Waals surface area contributed by atoms with Gasteiger partial charge in [0.1, 0.15) is 5.60 Å². The average molecular weight is 335 g/mol. The highest BCUT2D eigenvalue weighted by atomic mass is 32.2. The minimum Gasteiger partial charge on any atom is -0.443 e. The number of ether oxygens (including phenoxy) is 1. The van der Waals surface area contributed by atoms with Crippen molar-refractivity contribution in [1.29, 1.82) is 0 Å². The van der Waals surface area contributed by atoms with E-state index in [9.17, 15) is 13.2 Å². The SMILES string of the molecule is CC1CCCC(C)(OC(=O)NCCCS(=O)(=O)O)C[C@@H](C)C1. The van der Waals surface area contributed by atoms with Gasteiger partial charge in [-0.3, -0.25) is 4.55 Å². The Morgan fingerprint density at radius 3 is 2.68 bits per heavy atom. The number of carbonyl (C=O) groups excluding carboxylic acids is 1. The molecule has 1 amide bonds. The van der Waals surface area contributed by atoms with Crippen molar-refractivity contribution in [1.82, 2.24) is 5.32 Å². The molecule has 1 aliphatic rings. The smallest absolute Gasteiger partial charge is 0.407 e. The molecule has 0 aromatic heterocycles. The predicted octanol–water partition coefficient (Wildman–Crippen LogP) is 2.99. The first kappa shape index (κ1) is 19.2. The summed E-state index contributed by atoms with van der Waals surface area (Å²) in [6.45, 7) is 6.59. The third-order valence-electron chi connectivity index (χ3n) is 4.18. The molecule has 130 valence electrons. The lowest BCUT2D eigenvalue weighted by Crippen LogP contribution is -2.39. The molecule has 0 radical (unpaired) electrons. The highest BCUT2D eigenvalue weighted by Gasteiger charge is 2.32. The molecular formula is C15H29NO5S. The van der Waals surface area contributed by atoms with Crippen LogP contribution in [-0.2, 0) is 14.9 Å². The highest BCUT2D eigenvalue weighted by Crippen LogP contribution is 2.34. The van der Waals surface area contributed by atoms with Crippen LogP contribution in [0.1, 0.15) is 59.3 Å². The van der Waals surface area contributed by atoms with Gasteiger partial charge in [0.15, 0.2) is 0 Å². The molecule has 0 aromatic rings. The number of nitrogens with one attached hydrogen (secondary N) is 1. The second kappa shape index (κ2) is 8.15. The van der Waals surface area contributed by atoms with Crippen LogP contribution in [0.2, 0.25) is 0 Å². The number of alkyl carbamates (subject to hydrolysis) is 1. The first-order valence-electron chi connectivity index (χ1n) is 8.02. The van der Waals surface area contributed by atoms with Crippen LogP contribution in [0, 0.1) is 11.8 Å². The minimum absolute atomic E-state index is 0.165. The van der Waals surface area contributed by atoms with Crippen LogP contribution in [-0.4, -0.2) is 37.0 Å². The summed E-state index contributed by atoms with van der Waals surface area (Å²) < 4.78 is 35.4. The fourth-order valence-electron chi connectivity index (χ4n) is 3.35. The summed E-state index contributed by atoms with van der Waals surface area (Å²) in [7, 11) is -3.97. The molecule has 0 aromatic carbocycles. The zero-order valence-corrected chi connectivity index (χ0v) is 14.6. The van der Waals surface area contributed by atoms with Crippen LogP contribution in [0.3, 0.4) is 0 Å². The Morgan fingerprint density at radius 1 is 1.36 bits per heavy atom. The third kappa shape index (κ3) is 7.98. The van der Waals surface area contributed by atoms with Gasteiger partial charge >= 0.3 is 6.09 Å².